The van der Waals surface area contributed by atoms with Gasteiger partial charge in [0.15, 0.2) is 5.69 Å². The zero-order valence-corrected chi connectivity index (χ0v) is 13.0. The average molecular weight is 310 g/mol. The van der Waals surface area contributed by atoms with Crippen molar-refractivity contribution >= 4 is 11.3 Å². The standard InChI is InChI=1S/C13H21F3N2OS/c1-5-19-9(4)12-18-11(13(14,15)16)10(20-12)7-17-6-8(2)3/h8-9,17H,5-7H2,1-4H3. The van der Waals surface area contributed by atoms with Gasteiger partial charge in [0.2, 0.25) is 0 Å². The van der Waals surface area contributed by atoms with Gasteiger partial charge in [-0.15, -0.1) is 11.3 Å². The molecule has 0 bridgehead atoms. The van der Waals surface area contributed by atoms with Crippen molar-refractivity contribution in [1.82, 2.24) is 10.3 Å². The van der Waals surface area contributed by atoms with E-state index >= 15 is 0 Å². The number of nitrogens with zero attached hydrogens (tertiary/aromatic N) is 1. The van der Waals surface area contributed by atoms with Gasteiger partial charge < -0.3 is 10.1 Å². The average Bonchev–Trinajstić information content (AvgIpc) is 2.73. The number of hydrogen-bond donors (Lipinski definition) is 1. The molecule has 1 unspecified atom stereocenters. The van der Waals surface area contributed by atoms with Crippen molar-refractivity contribution < 1.29 is 17.9 Å². The molecule has 0 aromatic carbocycles. The molecule has 1 aromatic heterocycles. The van der Waals surface area contributed by atoms with Crippen molar-refractivity contribution in [2.75, 3.05) is 13.2 Å². The highest BCUT2D eigenvalue weighted by Gasteiger charge is 2.37. The van der Waals surface area contributed by atoms with Gasteiger partial charge in [-0.25, -0.2) is 4.98 Å². The van der Waals surface area contributed by atoms with Gasteiger partial charge >= 0.3 is 6.18 Å². The molecule has 1 atom stereocenters. The second kappa shape index (κ2) is 7.38. The summed E-state index contributed by atoms with van der Waals surface area (Å²) in [5.74, 6) is 0.388. The molecule has 1 rings (SSSR count). The van der Waals surface area contributed by atoms with Crippen LogP contribution in [0.5, 0.6) is 0 Å². The van der Waals surface area contributed by atoms with E-state index in [1.54, 1.807) is 13.8 Å². The Bertz CT molecular complexity index is 418. The highest BCUT2D eigenvalue weighted by molar-refractivity contribution is 7.11. The quantitative estimate of drug-likeness (QED) is 0.826. The molecular weight excluding hydrogens is 289 g/mol. The molecule has 0 aliphatic carbocycles. The number of nitrogens with one attached hydrogen (secondary N) is 1. The Morgan fingerprint density at radius 3 is 2.45 bits per heavy atom. The van der Waals surface area contributed by atoms with Gasteiger partial charge in [-0.3, -0.25) is 0 Å². The summed E-state index contributed by atoms with van der Waals surface area (Å²) < 4.78 is 44.2. The third kappa shape index (κ3) is 5.03. The predicted octanol–water partition coefficient (Wildman–Crippen LogP) is 4.01. The maximum Gasteiger partial charge on any atom is 0.434 e. The predicted molar refractivity (Wildman–Crippen MR) is 73.7 cm³/mol. The van der Waals surface area contributed by atoms with E-state index in [-0.39, 0.29) is 11.4 Å². The van der Waals surface area contributed by atoms with E-state index < -0.39 is 18.0 Å². The smallest absolute Gasteiger partial charge is 0.372 e. The van der Waals surface area contributed by atoms with Crippen molar-refractivity contribution in [3.05, 3.63) is 15.6 Å². The van der Waals surface area contributed by atoms with Crippen molar-refractivity contribution in [2.24, 2.45) is 5.92 Å². The van der Waals surface area contributed by atoms with Crippen molar-refractivity contribution in [1.29, 1.82) is 0 Å². The summed E-state index contributed by atoms with van der Waals surface area (Å²) in [4.78, 5) is 3.95. The Morgan fingerprint density at radius 2 is 1.95 bits per heavy atom. The molecule has 0 radical (unpaired) electrons. The van der Waals surface area contributed by atoms with Crippen LogP contribution in [0.15, 0.2) is 0 Å². The Labute approximate surface area is 121 Å². The first-order chi connectivity index (χ1) is 9.25. The number of halogens is 3. The van der Waals surface area contributed by atoms with Gasteiger partial charge in [0.1, 0.15) is 11.1 Å². The van der Waals surface area contributed by atoms with Crippen LogP contribution in [-0.4, -0.2) is 18.1 Å². The van der Waals surface area contributed by atoms with Crippen molar-refractivity contribution in [2.45, 2.75) is 46.5 Å². The zero-order chi connectivity index (χ0) is 15.3. The largest absolute Gasteiger partial charge is 0.434 e. The Hall–Kier alpha value is -0.660. The first-order valence-corrected chi connectivity index (χ1v) is 7.46. The maximum atomic E-state index is 13.0. The number of aromatic nitrogens is 1. The lowest BCUT2D eigenvalue weighted by Crippen LogP contribution is -2.20. The SMILES string of the molecule is CCOC(C)c1nc(C(F)(F)F)c(CNCC(C)C)s1. The van der Waals surface area contributed by atoms with Gasteiger partial charge in [-0.1, -0.05) is 13.8 Å². The number of hydrogen-bond acceptors (Lipinski definition) is 4. The monoisotopic (exact) mass is 310 g/mol. The molecule has 1 aromatic rings. The molecule has 0 spiro atoms. The van der Waals surface area contributed by atoms with E-state index in [0.29, 0.717) is 24.1 Å². The summed E-state index contributed by atoms with van der Waals surface area (Å²) in [6, 6.07) is 0. The topological polar surface area (TPSA) is 34.1 Å². The third-order valence-electron chi connectivity index (χ3n) is 2.58. The van der Waals surface area contributed by atoms with E-state index in [1.807, 2.05) is 13.8 Å². The number of ether oxygens (including phenoxy) is 1. The second-order valence-electron chi connectivity index (χ2n) is 4.94. The van der Waals surface area contributed by atoms with Crippen LogP contribution in [0.4, 0.5) is 13.2 Å². The molecule has 0 aliphatic heterocycles. The number of rotatable bonds is 7. The highest BCUT2D eigenvalue weighted by atomic mass is 32.1. The van der Waals surface area contributed by atoms with Crippen LogP contribution >= 0.6 is 11.3 Å². The lowest BCUT2D eigenvalue weighted by atomic mass is 10.2. The zero-order valence-electron chi connectivity index (χ0n) is 12.2. The third-order valence-corrected chi connectivity index (χ3v) is 3.80. The minimum absolute atomic E-state index is 0.184. The summed E-state index contributed by atoms with van der Waals surface area (Å²) in [6.07, 6.45) is -4.83. The van der Waals surface area contributed by atoms with Crippen LogP contribution in [0.3, 0.4) is 0 Å². The summed E-state index contributed by atoms with van der Waals surface area (Å²) in [5.41, 5.74) is -0.791. The fraction of sp³-hybridized carbons (Fsp3) is 0.769. The first-order valence-electron chi connectivity index (χ1n) is 6.64. The molecule has 7 heteroatoms. The lowest BCUT2D eigenvalue weighted by Gasteiger charge is -2.08. The van der Waals surface area contributed by atoms with Crippen molar-refractivity contribution in [3.8, 4) is 0 Å². The van der Waals surface area contributed by atoms with E-state index in [2.05, 4.69) is 10.3 Å². The number of thiazole rings is 1. The summed E-state index contributed by atoms with van der Waals surface area (Å²) in [5, 5.41) is 3.40. The Morgan fingerprint density at radius 1 is 1.30 bits per heavy atom. The van der Waals surface area contributed by atoms with Gasteiger partial charge in [0, 0.05) is 13.2 Å². The summed E-state index contributed by atoms with van der Waals surface area (Å²) in [7, 11) is 0. The summed E-state index contributed by atoms with van der Waals surface area (Å²) >= 11 is 1.07. The van der Waals surface area contributed by atoms with Crippen LogP contribution in [0.1, 0.15) is 49.4 Å². The fourth-order valence-corrected chi connectivity index (χ4v) is 2.74. The minimum Gasteiger partial charge on any atom is -0.372 e. The molecule has 0 fully saturated rings. The van der Waals surface area contributed by atoms with E-state index in [9.17, 15) is 13.2 Å². The molecule has 0 saturated carbocycles. The Kier molecular flexibility index (Phi) is 6.42. The molecule has 0 saturated heterocycles. The maximum absolute atomic E-state index is 13.0. The van der Waals surface area contributed by atoms with E-state index in [4.69, 9.17) is 4.74 Å². The molecule has 3 nitrogen and oxygen atoms in total. The van der Waals surface area contributed by atoms with Crippen LogP contribution < -0.4 is 5.32 Å². The van der Waals surface area contributed by atoms with Crippen LogP contribution in [-0.2, 0) is 17.5 Å². The van der Waals surface area contributed by atoms with Crippen LogP contribution in [0.25, 0.3) is 0 Å². The van der Waals surface area contributed by atoms with Crippen LogP contribution in [0.2, 0.25) is 0 Å². The normalized spacial score (nSPS) is 14.0. The molecule has 116 valence electrons. The highest BCUT2D eigenvalue weighted by Crippen LogP contribution is 2.36. The molecule has 0 aliphatic rings. The molecule has 20 heavy (non-hydrogen) atoms. The molecular formula is C13H21F3N2OS. The second-order valence-corrected chi connectivity index (χ2v) is 6.06. The minimum atomic E-state index is -4.42. The molecule has 0 amide bonds. The first kappa shape index (κ1) is 17.4. The van der Waals surface area contributed by atoms with Gasteiger partial charge in [-0.2, -0.15) is 13.2 Å². The van der Waals surface area contributed by atoms with Crippen LogP contribution in [0, 0.1) is 5.92 Å². The Balaban J connectivity index is 2.89. The lowest BCUT2D eigenvalue weighted by molar-refractivity contribution is -0.141. The van der Waals surface area contributed by atoms with Gasteiger partial charge in [-0.05, 0) is 26.3 Å². The summed E-state index contributed by atoms with van der Waals surface area (Å²) in [6.45, 7) is 8.84. The molecule has 1 heterocycles. The van der Waals surface area contributed by atoms with E-state index in [1.165, 1.54) is 0 Å². The molecule has 1 N–H and O–H groups in total. The van der Waals surface area contributed by atoms with Gasteiger partial charge in [0.05, 0.1) is 4.88 Å². The van der Waals surface area contributed by atoms with Crippen molar-refractivity contribution in [3.63, 3.8) is 0 Å². The number of alkyl halides is 3. The van der Waals surface area contributed by atoms with E-state index in [0.717, 1.165) is 11.3 Å². The fourth-order valence-electron chi connectivity index (χ4n) is 1.68. The van der Waals surface area contributed by atoms with Gasteiger partial charge in [0.25, 0.3) is 0 Å².